The number of hydrogen-bond donors (Lipinski definition) is 1. The maximum absolute atomic E-state index is 6.21. The van der Waals surface area contributed by atoms with Crippen LogP contribution in [0.4, 0.5) is 0 Å². The zero-order valence-electron chi connectivity index (χ0n) is 9.79. The number of rotatable bonds is 4. The number of benzene rings is 1. The molecule has 0 heterocycles. The summed E-state index contributed by atoms with van der Waals surface area (Å²) in [6.45, 7) is 4.29. The van der Waals surface area contributed by atoms with E-state index in [4.69, 9.17) is 5.73 Å². The average Bonchev–Trinajstić information content (AvgIpc) is 2.96. The Morgan fingerprint density at radius 1 is 1.20 bits per heavy atom. The molecule has 0 aliphatic heterocycles. The predicted octanol–water partition coefficient (Wildman–Crippen LogP) is 3.49. The van der Waals surface area contributed by atoms with E-state index in [0.29, 0.717) is 0 Å². The van der Waals surface area contributed by atoms with Crippen molar-refractivity contribution in [1.82, 2.24) is 0 Å². The van der Waals surface area contributed by atoms with Gasteiger partial charge in [-0.3, -0.25) is 0 Å². The highest BCUT2D eigenvalue weighted by Crippen LogP contribution is 2.35. The van der Waals surface area contributed by atoms with Crippen LogP contribution in [0.5, 0.6) is 0 Å². The van der Waals surface area contributed by atoms with E-state index in [9.17, 15) is 0 Å². The SMILES string of the molecule is Cc1cc(C)cc(C(N)CCC2CC2)c1. The van der Waals surface area contributed by atoms with Crippen molar-refractivity contribution in [3.8, 4) is 0 Å². The van der Waals surface area contributed by atoms with Gasteiger partial charge in [-0.2, -0.15) is 0 Å². The number of aryl methyl sites for hydroxylation is 2. The fourth-order valence-electron chi connectivity index (χ4n) is 2.21. The van der Waals surface area contributed by atoms with Crippen LogP contribution in [0.15, 0.2) is 18.2 Å². The van der Waals surface area contributed by atoms with Crippen molar-refractivity contribution < 1.29 is 0 Å². The van der Waals surface area contributed by atoms with E-state index in [-0.39, 0.29) is 6.04 Å². The Morgan fingerprint density at radius 3 is 2.33 bits per heavy atom. The van der Waals surface area contributed by atoms with Crippen molar-refractivity contribution in [2.45, 2.75) is 45.6 Å². The molecule has 82 valence electrons. The molecule has 15 heavy (non-hydrogen) atoms. The van der Waals surface area contributed by atoms with Crippen LogP contribution in [0.25, 0.3) is 0 Å². The highest BCUT2D eigenvalue weighted by molar-refractivity contribution is 5.30. The summed E-state index contributed by atoms with van der Waals surface area (Å²) in [6, 6.07) is 6.90. The van der Waals surface area contributed by atoms with E-state index in [1.165, 1.54) is 36.0 Å². The molecule has 0 amide bonds. The van der Waals surface area contributed by atoms with Crippen LogP contribution in [0.2, 0.25) is 0 Å². The normalized spacial score (nSPS) is 17.8. The van der Waals surface area contributed by atoms with Crippen molar-refractivity contribution in [3.05, 3.63) is 34.9 Å². The molecule has 1 aromatic rings. The molecule has 0 radical (unpaired) electrons. The quantitative estimate of drug-likeness (QED) is 0.796. The molecule has 1 aliphatic carbocycles. The fraction of sp³-hybridized carbons (Fsp3) is 0.571. The van der Waals surface area contributed by atoms with Crippen molar-refractivity contribution in [1.29, 1.82) is 0 Å². The first-order valence-corrected chi connectivity index (χ1v) is 5.99. The Bertz CT molecular complexity index is 319. The highest BCUT2D eigenvalue weighted by atomic mass is 14.6. The van der Waals surface area contributed by atoms with Gasteiger partial charge in [0.05, 0.1) is 0 Å². The molecule has 1 atom stereocenters. The zero-order valence-corrected chi connectivity index (χ0v) is 9.79. The van der Waals surface area contributed by atoms with Gasteiger partial charge in [0.2, 0.25) is 0 Å². The van der Waals surface area contributed by atoms with Crippen LogP contribution in [-0.2, 0) is 0 Å². The van der Waals surface area contributed by atoms with Gasteiger partial charge in [0.1, 0.15) is 0 Å². The largest absolute Gasteiger partial charge is 0.324 e. The molecule has 1 heteroatoms. The van der Waals surface area contributed by atoms with Gasteiger partial charge in [0, 0.05) is 6.04 Å². The summed E-state index contributed by atoms with van der Waals surface area (Å²) in [5.41, 5.74) is 10.2. The summed E-state index contributed by atoms with van der Waals surface area (Å²) < 4.78 is 0. The second-order valence-corrected chi connectivity index (χ2v) is 5.05. The van der Waals surface area contributed by atoms with Crippen LogP contribution >= 0.6 is 0 Å². The predicted molar refractivity (Wildman–Crippen MR) is 64.8 cm³/mol. The topological polar surface area (TPSA) is 26.0 Å². The first-order valence-electron chi connectivity index (χ1n) is 5.99. The Balaban J connectivity index is 1.99. The van der Waals surface area contributed by atoms with Gasteiger partial charge in [0.25, 0.3) is 0 Å². The Morgan fingerprint density at radius 2 is 1.80 bits per heavy atom. The number of nitrogens with two attached hydrogens (primary N) is 1. The summed E-state index contributed by atoms with van der Waals surface area (Å²) >= 11 is 0. The van der Waals surface area contributed by atoms with Gasteiger partial charge in [-0.05, 0) is 38.2 Å². The average molecular weight is 203 g/mol. The summed E-state index contributed by atoms with van der Waals surface area (Å²) in [5.74, 6) is 0.988. The maximum atomic E-state index is 6.21. The minimum Gasteiger partial charge on any atom is -0.324 e. The minimum absolute atomic E-state index is 0.240. The van der Waals surface area contributed by atoms with Crippen LogP contribution < -0.4 is 5.73 Å². The standard InChI is InChI=1S/C14H21N/c1-10-7-11(2)9-13(8-10)14(15)6-5-12-3-4-12/h7-9,12,14H,3-6,15H2,1-2H3. The lowest BCUT2D eigenvalue weighted by Gasteiger charge is -2.13. The number of hydrogen-bond acceptors (Lipinski definition) is 1. The van der Waals surface area contributed by atoms with E-state index in [1.807, 2.05) is 0 Å². The third-order valence-corrected chi connectivity index (χ3v) is 3.26. The Labute approximate surface area is 92.7 Å². The molecule has 0 bridgehead atoms. The van der Waals surface area contributed by atoms with Crippen LogP contribution in [0.3, 0.4) is 0 Å². The molecule has 0 saturated heterocycles. The van der Waals surface area contributed by atoms with Crippen molar-refractivity contribution in [2.24, 2.45) is 11.7 Å². The van der Waals surface area contributed by atoms with E-state index in [0.717, 1.165) is 12.3 Å². The van der Waals surface area contributed by atoms with Crippen LogP contribution in [-0.4, -0.2) is 0 Å². The molecule has 1 nitrogen and oxygen atoms in total. The monoisotopic (exact) mass is 203 g/mol. The van der Waals surface area contributed by atoms with E-state index in [2.05, 4.69) is 32.0 Å². The molecule has 1 saturated carbocycles. The molecule has 0 spiro atoms. The zero-order chi connectivity index (χ0) is 10.8. The summed E-state index contributed by atoms with van der Waals surface area (Å²) in [6.07, 6.45) is 5.32. The third kappa shape index (κ3) is 3.07. The van der Waals surface area contributed by atoms with Crippen molar-refractivity contribution in [2.75, 3.05) is 0 Å². The second-order valence-electron chi connectivity index (χ2n) is 5.05. The van der Waals surface area contributed by atoms with Crippen LogP contribution in [0, 0.1) is 19.8 Å². The first-order chi connectivity index (χ1) is 7.15. The third-order valence-electron chi connectivity index (χ3n) is 3.26. The lowest BCUT2D eigenvalue weighted by Crippen LogP contribution is -2.10. The maximum Gasteiger partial charge on any atom is 0.0295 e. The summed E-state index contributed by atoms with van der Waals surface area (Å²) in [5, 5.41) is 0. The molecule has 1 aromatic carbocycles. The molecule has 1 unspecified atom stereocenters. The lowest BCUT2D eigenvalue weighted by molar-refractivity contribution is 0.575. The molecule has 2 N–H and O–H groups in total. The van der Waals surface area contributed by atoms with Gasteiger partial charge >= 0.3 is 0 Å². The highest BCUT2D eigenvalue weighted by Gasteiger charge is 2.21. The Hall–Kier alpha value is -0.820. The van der Waals surface area contributed by atoms with Gasteiger partial charge in [0.15, 0.2) is 0 Å². The fourth-order valence-corrected chi connectivity index (χ4v) is 2.21. The summed E-state index contributed by atoms with van der Waals surface area (Å²) in [4.78, 5) is 0. The minimum atomic E-state index is 0.240. The van der Waals surface area contributed by atoms with Crippen molar-refractivity contribution in [3.63, 3.8) is 0 Å². The second kappa shape index (κ2) is 4.36. The molecule has 0 aromatic heterocycles. The van der Waals surface area contributed by atoms with Gasteiger partial charge in [-0.1, -0.05) is 42.2 Å². The Kier molecular flexibility index (Phi) is 3.11. The summed E-state index contributed by atoms with van der Waals surface area (Å²) in [7, 11) is 0. The molecule has 1 aliphatic rings. The lowest BCUT2D eigenvalue weighted by atomic mass is 9.98. The molecular weight excluding hydrogens is 182 g/mol. The van der Waals surface area contributed by atoms with Gasteiger partial charge in [-0.25, -0.2) is 0 Å². The molecule has 2 rings (SSSR count). The van der Waals surface area contributed by atoms with Crippen molar-refractivity contribution >= 4 is 0 Å². The van der Waals surface area contributed by atoms with E-state index in [1.54, 1.807) is 0 Å². The van der Waals surface area contributed by atoms with E-state index < -0.39 is 0 Å². The molecular formula is C14H21N. The smallest absolute Gasteiger partial charge is 0.0295 e. The first kappa shape index (κ1) is 10.7. The van der Waals surface area contributed by atoms with E-state index >= 15 is 0 Å². The van der Waals surface area contributed by atoms with Gasteiger partial charge < -0.3 is 5.73 Å². The molecule has 1 fully saturated rings. The van der Waals surface area contributed by atoms with Gasteiger partial charge in [-0.15, -0.1) is 0 Å². The van der Waals surface area contributed by atoms with Crippen LogP contribution in [0.1, 0.15) is 48.4 Å².